The predicted molar refractivity (Wildman–Crippen MR) is 76.1 cm³/mol. The lowest BCUT2D eigenvalue weighted by atomic mass is 10.3. The maximum Gasteiger partial charge on any atom is 0.250 e. The fraction of sp³-hybridized carbons (Fsp3) is 0. The Morgan fingerprint density at radius 1 is 1.45 bits per heavy atom. The van der Waals surface area contributed by atoms with E-state index in [1.807, 2.05) is 16.8 Å². The van der Waals surface area contributed by atoms with E-state index in [0.717, 1.165) is 11.1 Å². The number of hydrogen-bond acceptors (Lipinski definition) is 5. The molecule has 6 nitrogen and oxygen atoms in total. The van der Waals surface area contributed by atoms with E-state index in [9.17, 15) is 4.79 Å². The van der Waals surface area contributed by atoms with Crippen LogP contribution in [0.2, 0.25) is 0 Å². The van der Waals surface area contributed by atoms with Gasteiger partial charge >= 0.3 is 0 Å². The Labute approximate surface area is 118 Å². The summed E-state index contributed by atoms with van der Waals surface area (Å²) >= 11 is 1.58. The molecule has 0 aliphatic carbocycles. The molecule has 0 fully saturated rings. The number of carbonyl (C=O) groups excluding carboxylic acids is 1. The number of furan rings is 1. The molecule has 0 aliphatic rings. The molecule has 0 saturated heterocycles. The summed E-state index contributed by atoms with van der Waals surface area (Å²) in [6.45, 7) is 0. The predicted octanol–water partition coefficient (Wildman–Crippen LogP) is 2.78. The Kier molecular flexibility index (Phi) is 3.42. The summed E-state index contributed by atoms with van der Waals surface area (Å²) in [6.07, 6.45) is 6.26. The van der Waals surface area contributed by atoms with Crippen molar-refractivity contribution < 1.29 is 9.21 Å². The molecule has 3 aromatic heterocycles. The van der Waals surface area contributed by atoms with Gasteiger partial charge in [0.15, 0.2) is 5.82 Å². The van der Waals surface area contributed by atoms with E-state index in [4.69, 9.17) is 4.42 Å². The highest BCUT2D eigenvalue weighted by Crippen LogP contribution is 2.15. The smallest absolute Gasteiger partial charge is 0.250 e. The van der Waals surface area contributed by atoms with Crippen molar-refractivity contribution in [3.8, 4) is 11.4 Å². The fourth-order valence-corrected chi connectivity index (χ4v) is 2.17. The molecular weight excluding hydrogens is 276 g/mol. The van der Waals surface area contributed by atoms with E-state index in [0.29, 0.717) is 5.82 Å². The number of aromatic nitrogens is 3. The van der Waals surface area contributed by atoms with E-state index < -0.39 is 0 Å². The Balaban J connectivity index is 1.65. The first kappa shape index (κ1) is 12.4. The third-order valence-electron chi connectivity index (χ3n) is 2.49. The van der Waals surface area contributed by atoms with E-state index >= 15 is 0 Å². The number of nitrogens with one attached hydrogen (secondary N) is 2. The van der Waals surface area contributed by atoms with Crippen LogP contribution in [0.1, 0.15) is 5.56 Å². The molecular formula is C13H10N4O2S. The first-order valence-corrected chi connectivity index (χ1v) is 6.72. The van der Waals surface area contributed by atoms with Crippen molar-refractivity contribution in [3.63, 3.8) is 0 Å². The Hall–Kier alpha value is -2.67. The minimum absolute atomic E-state index is 0.223. The Morgan fingerprint density at radius 2 is 2.40 bits per heavy atom. The van der Waals surface area contributed by atoms with Gasteiger partial charge in [-0.1, -0.05) is 0 Å². The Bertz CT molecular complexity index is 713. The number of aromatic amines is 1. The van der Waals surface area contributed by atoms with Crippen LogP contribution < -0.4 is 5.32 Å². The lowest BCUT2D eigenvalue weighted by Crippen LogP contribution is -2.08. The van der Waals surface area contributed by atoms with E-state index in [2.05, 4.69) is 20.5 Å². The average molecular weight is 286 g/mol. The summed E-state index contributed by atoms with van der Waals surface area (Å²) < 4.78 is 4.95. The third kappa shape index (κ3) is 2.83. The zero-order valence-corrected chi connectivity index (χ0v) is 11.1. The van der Waals surface area contributed by atoms with Crippen molar-refractivity contribution >= 4 is 29.3 Å². The van der Waals surface area contributed by atoms with Gasteiger partial charge in [0, 0.05) is 6.08 Å². The van der Waals surface area contributed by atoms with Gasteiger partial charge in [0.1, 0.15) is 6.26 Å². The molecule has 0 bridgehead atoms. The number of nitrogens with zero attached hydrogens (tertiary/aromatic N) is 2. The molecule has 20 heavy (non-hydrogen) atoms. The van der Waals surface area contributed by atoms with Gasteiger partial charge in [-0.05, 0) is 34.5 Å². The molecule has 3 aromatic rings. The number of hydrogen-bond donors (Lipinski definition) is 2. The number of rotatable bonds is 4. The van der Waals surface area contributed by atoms with Crippen LogP contribution in [0.4, 0.5) is 5.95 Å². The van der Waals surface area contributed by atoms with Crippen molar-refractivity contribution in [1.29, 1.82) is 0 Å². The third-order valence-corrected chi connectivity index (χ3v) is 3.19. The van der Waals surface area contributed by atoms with Crippen molar-refractivity contribution in [2.24, 2.45) is 0 Å². The number of amides is 1. The quantitative estimate of drug-likeness (QED) is 0.722. The highest BCUT2D eigenvalue weighted by Gasteiger charge is 2.07. The summed E-state index contributed by atoms with van der Waals surface area (Å²) in [6, 6.07) is 3.68. The number of carbonyl (C=O) groups is 1. The molecule has 7 heteroatoms. The topological polar surface area (TPSA) is 83.8 Å². The number of anilines is 1. The van der Waals surface area contributed by atoms with Crippen LogP contribution in [-0.2, 0) is 4.79 Å². The zero-order valence-electron chi connectivity index (χ0n) is 10.2. The summed E-state index contributed by atoms with van der Waals surface area (Å²) in [5.74, 6) is 0.478. The zero-order chi connectivity index (χ0) is 13.8. The number of H-pyrrole nitrogens is 1. The van der Waals surface area contributed by atoms with Crippen LogP contribution in [0.3, 0.4) is 0 Å². The van der Waals surface area contributed by atoms with Gasteiger partial charge < -0.3 is 4.42 Å². The van der Waals surface area contributed by atoms with Crippen LogP contribution >= 0.6 is 11.3 Å². The van der Waals surface area contributed by atoms with Gasteiger partial charge in [0.25, 0.3) is 5.91 Å². The van der Waals surface area contributed by atoms with Crippen molar-refractivity contribution in [2.75, 3.05) is 5.32 Å². The number of thiophene rings is 1. The van der Waals surface area contributed by atoms with Crippen molar-refractivity contribution in [2.45, 2.75) is 0 Å². The molecule has 1 amide bonds. The van der Waals surface area contributed by atoms with E-state index in [1.54, 1.807) is 36.0 Å². The van der Waals surface area contributed by atoms with Crippen molar-refractivity contribution in [3.05, 3.63) is 47.1 Å². The van der Waals surface area contributed by atoms with Gasteiger partial charge in [-0.2, -0.15) is 16.3 Å². The van der Waals surface area contributed by atoms with E-state index in [-0.39, 0.29) is 11.9 Å². The molecule has 0 aromatic carbocycles. The van der Waals surface area contributed by atoms with Gasteiger partial charge in [-0.25, -0.2) is 0 Å². The summed E-state index contributed by atoms with van der Waals surface area (Å²) in [5.41, 5.74) is 1.76. The maximum absolute atomic E-state index is 11.7. The minimum atomic E-state index is -0.283. The van der Waals surface area contributed by atoms with Crippen LogP contribution in [0.5, 0.6) is 0 Å². The van der Waals surface area contributed by atoms with Gasteiger partial charge in [0.05, 0.1) is 11.8 Å². The molecule has 0 aliphatic heterocycles. The van der Waals surface area contributed by atoms with Gasteiger partial charge in [0.2, 0.25) is 5.95 Å². The highest BCUT2D eigenvalue weighted by molar-refractivity contribution is 7.08. The van der Waals surface area contributed by atoms with E-state index in [1.165, 1.54) is 6.08 Å². The van der Waals surface area contributed by atoms with Crippen LogP contribution in [0, 0.1) is 0 Å². The SMILES string of the molecule is O=C(C=Cc1ccsc1)Nc1n[nH]c(-c2ccoc2)n1. The molecule has 3 rings (SSSR count). The molecule has 0 saturated carbocycles. The molecule has 3 heterocycles. The van der Waals surface area contributed by atoms with Gasteiger partial charge in [-0.15, -0.1) is 5.10 Å². The largest absolute Gasteiger partial charge is 0.472 e. The maximum atomic E-state index is 11.7. The second-order valence-electron chi connectivity index (χ2n) is 3.90. The summed E-state index contributed by atoms with van der Waals surface area (Å²) in [5, 5.41) is 13.1. The van der Waals surface area contributed by atoms with Crippen LogP contribution in [-0.4, -0.2) is 21.1 Å². The normalized spacial score (nSPS) is 11.0. The molecule has 0 atom stereocenters. The lowest BCUT2D eigenvalue weighted by molar-refractivity contribution is -0.111. The minimum Gasteiger partial charge on any atom is -0.472 e. The first-order valence-electron chi connectivity index (χ1n) is 5.77. The fourth-order valence-electron chi connectivity index (χ4n) is 1.54. The van der Waals surface area contributed by atoms with Crippen molar-refractivity contribution in [1.82, 2.24) is 15.2 Å². The second kappa shape index (κ2) is 5.54. The molecule has 0 spiro atoms. The lowest BCUT2D eigenvalue weighted by Gasteiger charge is -1.93. The summed E-state index contributed by atoms with van der Waals surface area (Å²) in [7, 11) is 0. The molecule has 0 radical (unpaired) electrons. The molecule has 2 N–H and O–H groups in total. The highest BCUT2D eigenvalue weighted by atomic mass is 32.1. The second-order valence-corrected chi connectivity index (χ2v) is 4.68. The summed E-state index contributed by atoms with van der Waals surface area (Å²) in [4.78, 5) is 15.8. The van der Waals surface area contributed by atoms with Crippen LogP contribution in [0.25, 0.3) is 17.5 Å². The van der Waals surface area contributed by atoms with Crippen LogP contribution in [0.15, 0.2) is 45.9 Å². The Morgan fingerprint density at radius 3 is 3.15 bits per heavy atom. The first-order chi connectivity index (χ1) is 9.81. The van der Waals surface area contributed by atoms with Gasteiger partial charge in [-0.3, -0.25) is 15.2 Å². The molecule has 100 valence electrons. The monoisotopic (exact) mass is 286 g/mol. The molecule has 0 unspecified atom stereocenters. The standard InChI is InChI=1S/C13H10N4O2S/c18-11(2-1-9-4-6-20-8-9)14-13-15-12(16-17-13)10-3-5-19-7-10/h1-8H,(H2,14,15,16,17,18). The average Bonchev–Trinajstić information content (AvgIpc) is 3.18.